The smallest absolute Gasteiger partial charge is 0.258 e. The summed E-state index contributed by atoms with van der Waals surface area (Å²) in [6, 6.07) is 12.0. The average Bonchev–Trinajstić information content (AvgIpc) is 3.49. The molecule has 2 aromatic rings. The van der Waals surface area contributed by atoms with E-state index in [1.807, 2.05) is 41.3 Å². The summed E-state index contributed by atoms with van der Waals surface area (Å²) in [6.45, 7) is 1.51. The van der Waals surface area contributed by atoms with Crippen LogP contribution in [0.15, 0.2) is 36.4 Å². The molecule has 0 spiro atoms. The van der Waals surface area contributed by atoms with Crippen LogP contribution in [0.3, 0.4) is 0 Å². The van der Waals surface area contributed by atoms with E-state index in [2.05, 4.69) is 5.32 Å². The summed E-state index contributed by atoms with van der Waals surface area (Å²) < 4.78 is 5.79. The fraction of sp³-hybridized carbons (Fsp3) is 0.429. The second-order valence-corrected chi connectivity index (χ2v) is 7.18. The lowest BCUT2D eigenvalue weighted by Crippen LogP contribution is -2.36. The van der Waals surface area contributed by atoms with Crippen LogP contribution >= 0.6 is 0 Å². The molecular weight excluding hydrogens is 328 g/mol. The van der Waals surface area contributed by atoms with Gasteiger partial charge in [0.2, 0.25) is 0 Å². The monoisotopic (exact) mass is 352 g/mol. The maximum atomic E-state index is 13.0. The van der Waals surface area contributed by atoms with Crippen molar-refractivity contribution in [2.24, 2.45) is 0 Å². The molecular formula is C21H24N2O3. The molecule has 5 heteroatoms. The molecule has 1 aliphatic heterocycles. The minimum atomic E-state index is -0.128. The molecule has 0 radical (unpaired) electrons. The van der Waals surface area contributed by atoms with Crippen molar-refractivity contribution in [3.05, 3.63) is 42.0 Å². The summed E-state index contributed by atoms with van der Waals surface area (Å²) in [7, 11) is 0. The van der Waals surface area contributed by atoms with Gasteiger partial charge < -0.3 is 15.0 Å². The van der Waals surface area contributed by atoms with Crippen molar-refractivity contribution in [1.82, 2.24) is 10.2 Å². The van der Waals surface area contributed by atoms with Crippen LogP contribution in [0.1, 0.15) is 42.5 Å². The molecule has 5 nitrogen and oxygen atoms in total. The third kappa shape index (κ3) is 3.82. The Hall–Kier alpha value is -2.56. The van der Waals surface area contributed by atoms with Crippen molar-refractivity contribution in [3.8, 4) is 5.75 Å². The van der Waals surface area contributed by atoms with Gasteiger partial charge in [0.1, 0.15) is 5.75 Å². The van der Waals surface area contributed by atoms with Crippen LogP contribution in [0, 0.1) is 0 Å². The normalized spacial score (nSPS) is 17.2. The van der Waals surface area contributed by atoms with E-state index < -0.39 is 0 Å². The van der Waals surface area contributed by atoms with E-state index in [1.54, 1.807) is 0 Å². The van der Waals surface area contributed by atoms with Gasteiger partial charge in [0, 0.05) is 19.1 Å². The van der Waals surface area contributed by atoms with Gasteiger partial charge in [-0.1, -0.05) is 24.3 Å². The highest BCUT2D eigenvalue weighted by molar-refractivity contribution is 6.01. The van der Waals surface area contributed by atoms with Gasteiger partial charge in [0.25, 0.3) is 11.8 Å². The van der Waals surface area contributed by atoms with E-state index in [9.17, 15) is 9.59 Å². The Balaban J connectivity index is 1.59. The highest BCUT2D eigenvalue weighted by atomic mass is 16.5. The van der Waals surface area contributed by atoms with Crippen molar-refractivity contribution in [1.29, 1.82) is 0 Å². The predicted octanol–water partition coefficient (Wildman–Crippen LogP) is 3.12. The van der Waals surface area contributed by atoms with Gasteiger partial charge in [-0.15, -0.1) is 0 Å². The number of benzene rings is 2. The third-order valence-electron chi connectivity index (χ3n) is 5.02. The number of ether oxygens (including phenoxy) is 1. The second-order valence-electron chi connectivity index (χ2n) is 7.18. The lowest BCUT2D eigenvalue weighted by atomic mass is 10.0. The van der Waals surface area contributed by atoms with E-state index in [0.717, 1.165) is 49.5 Å². The highest BCUT2D eigenvalue weighted by Gasteiger charge is 2.25. The Kier molecular flexibility index (Phi) is 4.78. The topological polar surface area (TPSA) is 58.6 Å². The molecule has 1 N–H and O–H groups in total. The summed E-state index contributed by atoms with van der Waals surface area (Å²) in [4.78, 5) is 26.9. The maximum Gasteiger partial charge on any atom is 0.258 e. The quantitative estimate of drug-likeness (QED) is 0.899. The molecule has 136 valence electrons. The fourth-order valence-electron chi connectivity index (χ4n) is 3.41. The number of piperidine rings is 1. The number of fused-ring (bicyclic) bond motifs is 1. The Morgan fingerprint density at radius 3 is 2.42 bits per heavy atom. The number of hydrogen-bond donors (Lipinski definition) is 1. The number of likely N-dealkylation sites (tertiary alicyclic amines) is 1. The first kappa shape index (κ1) is 16.9. The van der Waals surface area contributed by atoms with Crippen LogP contribution in [-0.4, -0.2) is 42.5 Å². The largest absolute Gasteiger partial charge is 0.483 e. The number of nitrogens with one attached hydrogen (secondary N) is 1. The van der Waals surface area contributed by atoms with Gasteiger partial charge in [-0.05, 0) is 55.0 Å². The van der Waals surface area contributed by atoms with Crippen LogP contribution in [0.5, 0.6) is 5.75 Å². The molecule has 26 heavy (non-hydrogen) atoms. The zero-order valence-electron chi connectivity index (χ0n) is 14.9. The Morgan fingerprint density at radius 1 is 1.04 bits per heavy atom. The van der Waals surface area contributed by atoms with E-state index in [1.165, 1.54) is 6.42 Å². The van der Waals surface area contributed by atoms with E-state index >= 15 is 0 Å². The molecule has 2 aliphatic rings. The first-order valence-electron chi connectivity index (χ1n) is 9.45. The predicted molar refractivity (Wildman–Crippen MR) is 100 cm³/mol. The summed E-state index contributed by atoms with van der Waals surface area (Å²) in [5.74, 6) is 0.357. The lowest BCUT2D eigenvalue weighted by Gasteiger charge is -2.27. The van der Waals surface area contributed by atoms with Gasteiger partial charge in [0.15, 0.2) is 6.61 Å². The molecule has 2 aromatic carbocycles. The van der Waals surface area contributed by atoms with Crippen molar-refractivity contribution in [2.75, 3.05) is 19.7 Å². The number of carbonyl (C=O) groups excluding carboxylic acids is 2. The zero-order chi connectivity index (χ0) is 17.9. The Morgan fingerprint density at radius 2 is 1.73 bits per heavy atom. The lowest BCUT2D eigenvalue weighted by molar-refractivity contribution is -0.123. The molecule has 0 atom stereocenters. The minimum Gasteiger partial charge on any atom is -0.483 e. The van der Waals surface area contributed by atoms with E-state index in [0.29, 0.717) is 17.4 Å². The number of rotatable bonds is 5. The molecule has 2 fully saturated rings. The van der Waals surface area contributed by atoms with Crippen molar-refractivity contribution < 1.29 is 14.3 Å². The van der Waals surface area contributed by atoms with Crippen LogP contribution in [0.2, 0.25) is 0 Å². The molecule has 0 bridgehead atoms. The summed E-state index contributed by atoms with van der Waals surface area (Å²) >= 11 is 0. The molecule has 0 unspecified atom stereocenters. The molecule has 0 aromatic heterocycles. The molecule has 2 amide bonds. The van der Waals surface area contributed by atoms with Crippen LogP contribution in [-0.2, 0) is 4.79 Å². The first-order chi connectivity index (χ1) is 12.7. The summed E-state index contributed by atoms with van der Waals surface area (Å²) in [5.41, 5.74) is 0.546. The summed E-state index contributed by atoms with van der Waals surface area (Å²) in [5, 5.41) is 4.92. The number of hydrogen-bond acceptors (Lipinski definition) is 3. The van der Waals surface area contributed by atoms with Crippen molar-refractivity contribution in [3.63, 3.8) is 0 Å². The van der Waals surface area contributed by atoms with Crippen LogP contribution < -0.4 is 10.1 Å². The Labute approximate surface area is 153 Å². The van der Waals surface area contributed by atoms with E-state index in [-0.39, 0.29) is 18.4 Å². The van der Waals surface area contributed by atoms with Gasteiger partial charge in [-0.2, -0.15) is 0 Å². The van der Waals surface area contributed by atoms with Gasteiger partial charge in [-0.3, -0.25) is 9.59 Å². The minimum absolute atomic E-state index is 0.00643. The molecule has 1 saturated carbocycles. The SMILES string of the molecule is O=C(COc1cc2ccccc2cc1C(=O)N1CCCCC1)NC1CC1. The second kappa shape index (κ2) is 7.36. The zero-order valence-corrected chi connectivity index (χ0v) is 14.9. The van der Waals surface area contributed by atoms with Gasteiger partial charge >= 0.3 is 0 Å². The van der Waals surface area contributed by atoms with Gasteiger partial charge in [-0.25, -0.2) is 0 Å². The number of carbonyl (C=O) groups is 2. The number of nitrogens with zero attached hydrogens (tertiary/aromatic N) is 1. The third-order valence-corrected chi connectivity index (χ3v) is 5.02. The maximum absolute atomic E-state index is 13.0. The first-order valence-corrected chi connectivity index (χ1v) is 9.45. The van der Waals surface area contributed by atoms with E-state index in [4.69, 9.17) is 4.74 Å². The van der Waals surface area contributed by atoms with Gasteiger partial charge in [0.05, 0.1) is 5.56 Å². The van der Waals surface area contributed by atoms with Crippen molar-refractivity contribution >= 4 is 22.6 Å². The standard InChI is InChI=1S/C21H24N2O3/c24-20(22-17-8-9-17)14-26-19-13-16-7-3-2-6-15(16)12-18(19)21(25)23-10-4-1-5-11-23/h2-3,6-7,12-13,17H,1,4-5,8-11,14H2,(H,22,24). The average molecular weight is 352 g/mol. The molecule has 4 rings (SSSR count). The molecule has 1 heterocycles. The highest BCUT2D eigenvalue weighted by Crippen LogP contribution is 2.28. The molecule has 1 aliphatic carbocycles. The van der Waals surface area contributed by atoms with Crippen LogP contribution in [0.4, 0.5) is 0 Å². The van der Waals surface area contributed by atoms with Crippen molar-refractivity contribution in [2.45, 2.75) is 38.1 Å². The number of amides is 2. The van der Waals surface area contributed by atoms with Crippen LogP contribution in [0.25, 0.3) is 10.8 Å². The summed E-state index contributed by atoms with van der Waals surface area (Å²) in [6.07, 6.45) is 5.34. The fourth-order valence-corrected chi connectivity index (χ4v) is 3.41. The molecule has 1 saturated heterocycles. The Bertz CT molecular complexity index is 823.